The molecule has 0 aliphatic carbocycles. The van der Waals surface area contributed by atoms with Gasteiger partial charge in [-0.15, -0.1) is 13.2 Å². The summed E-state index contributed by atoms with van der Waals surface area (Å²) in [6, 6.07) is 11.9. The van der Waals surface area contributed by atoms with Gasteiger partial charge in [-0.05, 0) is 50.3 Å². The van der Waals surface area contributed by atoms with Crippen molar-refractivity contribution in [3.63, 3.8) is 0 Å². The van der Waals surface area contributed by atoms with Gasteiger partial charge in [-0.1, -0.05) is 89.1 Å². The molecule has 3 aliphatic heterocycles. The number of hydrogen-bond donors (Lipinski definition) is 2. The van der Waals surface area contributed by atoms with Crippen molar-refractivity contribution in [1.82, 2.24) is 10.2 Å². The van der Waals surface area contributed by atoms with Crippen LogP contribution >= 0.6 is 27.5 Å². The van der Waals surface area contributed by atoms with Crippen molar-refractivity contribution in [2.24, 2.45) is 11.8 Å². The summed E-state index contributed by atoms with van der Waals surface area (Å²) in [5.74, 6) is -3.92. The average Bonchev–Trinajstić information content (AvgIpc) is 3.69. The number of aryl methyl sites for hydroxylation is 1. The lowest BCUT2D eigenvalue weighted by Crippen LogP contribution is -2.59. The number of nitrogens with zero attached hydrogens (tertiary/aromatic N) is 2. The molecule has 0 radical (unpaired) electrons. The molecule has 0 aromatic heterocycles. The molecule has 1 unspecified atom stereocenters. The molecule has 268 valence electrons. The summed E-state index contributed by atoms with van der Waals surface area (Å²) >= 11 is 10.4. The van der Waals surface area contributed by atoms with Crippen molar-refractivity contribution in [1.29, 1.82) is 0 Å². The van der Waals surface area contributed by atoms with Crippen LogP contribution in [0, 0.1) is 18.8 Å². The number of aliphatic hydroxyl groups is 1. The lowest BCUT2D eigenvalue weighted by molar-refractivity contribution is -0.162. The molecule has 3 aliphatic rings. The van der Waals surface area contributed by atoms with Crippen molar-refractivity contribution in [2.75, 3.05) is 18.1 Å². The first-order valence-electron chi connectivity index (χ1n) is 17.0. The summed E-state index contributed by atoms with van der Waals surface area (Å²) in [5, 5.41) is 13.8. The number of amides is 3. The minimum Gasteiger partial charge on any atom is -0.455 e. The van der Waals surface area contributed by atoms with Crippen molar-refractivity contribution in [3.05, 3.63) is 90.0 Å². The molecule has 3 saturated heterocycles. The van der Waals surface area contributed by atoms with Crippen LogP contribution in [0.4, 0.5) is 5.69 Å². The van der Waals surface area contributed by atoms with Crippen molar-refractivity contribution >= 4 is 56.9 Å². The number of ether oxygens (including phenoxy) is 2. The zero-order valence-corrected chi connectivity index (χ0v) is 30.9. The maximum absolute atomic E-state index is 15.0. The number of carbonyl (C=O) groups is 4. The van der Waals surface area contributed by atoms with Gasteiger partial charge < -0.3 is 29.7 Å². The van der Waals surface area contributed by atoms with Gasteiger partial charge in [0.25, 0.3) is 5.91 Å². The first kappa shape index (κ1) is 37.7. The van der Waals surface area contributed by atoms with Gasteiger partial charge >= 0.3 is 5.97 Å². The predicted molar refractivity (Wildman–Crippen MR) is 195 cm³/mol. The van der Waals surface area contributed by atoms with E-state index in [0.717, 1.165) is 5.56 Å². The smallest absolute Gasteiger partial charge is 0.313 e. The second-order valence-corrected chi connectivity index (χ2v) is 14.8. The Labute approximate surface area is 306 Å². The van der Waals surface area contributed by atoms with E-state index in [2.05, 4.69) is 34.4 Å². The summed E-state index contributed by atoms with van der Waals surface area (Å²) in [7, 11) is 0. The van der Waals surface area contributed by atoms with E-state index in [1.54, 1.807) is 31.2 Å². The Morgan fingerprint density at radius 1 is 1.20 bits per heavy atom. The highest BCUT2D eigenvalue weighted by molar-refractivity contribution is 9.09. The topological polar surface area (TPSA) is 125 Å². The summed E-state index contributed by atoms with van der Waals surface area (Å²) in [6.07, 6.45) is 2.96. The Morgan fingerprint density at radius 2 is 1.92 bits per heavy atom. The van der Waals surface area contributed by atoms with Crippen LogP contribution in [0.1, 0.15) is 56.8 Å². The number of aliphatic hydroxyl groups excluding tert-OH is 1. The Kier molecular flexibility index (Phi) is 11.9. The monoisotopic (exact) mass is 769 g/mol. The fraction of sp³-hybridized carbons (Fsp3) is 0.474. The Bertz CT molecular complexity index is 1600. The standard InChI is InChI=1S/C38H45BrClN3O7/c1-6-9-18-28(45)41-23(5)32(24-15-11-10-12-16-24)49-37(48)29-30-35(46)43(25(8-3)21-44)34(38(30)20-26(39)33(29)50-38)36(47)42(19-7-2)31-22(4)14-13-17-27(31)40/h6-7,10-17,23,25-26,29-30,32-34,44H,1-2,8-9,18-21H2,3-5H3,(H,41,45)/t23-,25+,26?,29+,30-,32-,33+,34+,38-/m1/s1. The highest BCUT2D eigenvalue weighted by atomic mass is 79.9. The average molecular weight is 771 g/mol. The number of nitrogens with one attached hydrogen (secondary N) is 1. The van der Waals surface area contributed by atoms with Crippen LogP contribution in [0.15, 0.2) is 73.8 Å². The van der Waals surface area contributed by atoms with Crippen LogP contribution in [-0.2, 0) is 28.7 Å². The molecule has 2 aromatic rings. The minimum atomic E-state index is -1.40. The number of carbonyl (C=O) groups excluding carboxylic acids is 4. The molecule has 1 spiro atoms. The molecule has 3 heterocycles. The third-order valence-electron chi connectivity index (χ3n) is 10.1. The van der Waals surface area contributed by atoms with E-state index in [1.165, 1.54) is 9.80 Å². The molecule has 5 rings (SSSR count). The zero-order chi connectivity index (χ0) is 36.3. The van der Waals surface area contributed by atoms with Crippen LogP contribution in [0.3, 0.4) is 0 Å². The second kappa shape index (κ2) is 15.8. The number of hydrogen-bond acceptors (Lipinski definition) is 7. The highest BCUT2D eigenvalue weighted by Crippen LogP contribution is 2.61. The number of anilines is 1. The van der Waals surface area contributed by atoms with Crippen LogP contribution in [-0.4, -0.2) is 81.5 Å². The van der Waals surface area contributed by atoms with Crippen LogP contribution in [0.25, 0.3) is 0 Å². The lowest BCUT2D eigenvalue weighted by atomic mass is 9.70. The number of fused-ring (bicyclic) bond motifs is 1. The number of allylic oxidation sites excluding steroid dienone is 1. The molecule has 10 nitrogen and oxygen atoms in total. The summed E-state index contributed by atoms with van der Waals surface area (Å²) in [5.41, 5.74) is 0.499. The minimum absolute atomic E-state index is 0.0976. The summed E-state index contributed by atoms with van der Waals surface area (Å²) < 4.78 is 13.0. The number of alkyl halides is 1. The number of halogens is 2. The molecule has 50 heavy (non-hydrogen) atoms. The molecule has 0 saturated carbocycles. The van der Waals surface area contributed by atoms with Gasteiger partial charge in [-0.25, -0.2) is 0 Å². The predicted octanol–water partition coefficient (Wildman–Crippen LogP) is 5.44. The van der Waals surface area contributed by atoms with Gasteiger partial charge in [0.15, 0.2) is 0 Å². The van der Waals surface area contributed by atoms with Crippen molar-refractivity contribution in [2.45, 2.75) is 87.2 Å². The van der Waals surface area contributed by atoms with E-state index in [4.69, 9.17) is 21.1 Å². The second-order valence-electron chi connectivity index (χ2n) is 13.2. The maximum Gasteiger partial charge on any atom is 0.313 e. The SMILES string of the molecule is C=CCCC(=O)N[C@H](C)[C@@H](OC(=O)[C@@H]1[C@H]2O[C@@]3(CC2Br)[C@H](C(=O)N(CC=C)c2c(C)cccc2Cl)N([C@@H](CC)CO)C(=O)[C@@H]13)c1ccccc1. The Hall–Kier alpha value is -3.51. The van der Waals surface area contributed by atoms with E-state index >= 15 is 0 Å². The first-order chi connectivity index (χ1) is 23.9. The quantitative estimate of drug-likeness (QED) is 0.140. The molecule has 12 heteroatoms. The van der Waals surface area contributed by atoms with Gasteiger partial charge in [0.05, 0.1) is 47.3 Å². The van der Waals surface area contributed by atoms with Crippen molar-refractivity contribution in [3.8, 4) is 0 Å². The van der Waals surface area contributed by atoms with Crippen molar-refractivity contribution < 1.29 is 33.8 Å². The van der Waals surface area contributed by atoms with Crippen LogP contribution < -0.4 is 10.2 Å². The molecule has 3 fully saturated rings. The fourth-order valence-electron chi connectivity index (χ4n) is 7.90. The van der Waals surface area contributed by atoms with E-state index in [0.29, 0.717) is 29.1 Å². The largest absolute Gasteiger partial charge is 0.455 e. The van der Waals surface area contributed by atoms with E-state index < -0.39 is 72.2 Å². The van der Waals surface area contributed by atoms with Gasteiger partial charge in [0.2, 0.25) is 11.8 Å². The number of esters is 1. The number of benzene rings is 2. The zero-order valence-electron chi connectivity index (χ0n) is 28.6. The molecule has 2 aromatic carbocycles. The number of rotatable bonds is 15. The highest BCUT2D eigenvalue weighted by Gasteiger charge is 2.77. The van der Waals surface area contributed by atoms with Crippen LogP contribution in [0.5, 0.6) is 0 Å². The third kappa shape index (κ3) is 6.77. The Morgan fingerprint density at radius 3 is 2.54 bits per heavy atom. The van der Waals surface area contributed by atoms with E-state index in [-0.39, 0.29) is 30.1 Å². The van der Waals surface area contributed by atoms with Gasteiger partial charge in [-0.3, -0.25) is 19.2 Å². The number of para-hydroxylation sites is 1. The third-order valence-corrected chi connectivity index (χ3v) is 11.3. The normalized spacial score (nSPS) is 26.9. The van der Waals surface area contributed by atoms with Gasteiger partial charge in [0.1, 0.15) is 17.7 Å². The lowest BCUT2D eigenvalue weighted by Gasteiger charge is -2.39. The fourth-order valence-corrected chi connectivity index (χ4v) is 9.16. The number of likely N-dealkylation sites (tertiary alicyclic amines) is 1. The van der Waals surface area contributed by atoms with E-state index in [9.17, 15) is 24.3 Å². The first-order valence-corrected chi connectivity index (χ1v) is 18.3. The molecule has 2 bridgehead atoms. The molecular weight excluding hydrogens is 726 g/mol. The van der Waals surface area contributed by atoms with Gasteiger partial charge in [-0.2, -0.15) is 0 Å². The molecule has 9 atom stereocenters. The Balaban J connectivity index is 1.55. The summed E-state index contributed by atoms with van der Waals surface area (Å²) in [6.45, 7) is 12.7. The maximum atomic E-state index is 15.0. The van der Waals surface area contributed by atoms with Gasteiger partial charge in [0, 0.05) is 17.8 Å². The van der Waals surface area contributed by atoms with E-state index in [1.807, 2.05) is 50.2 Å². The molecule has 2 N–H and O–H groups in total. The molecular formula is C38H45BrClN3O7. The summed E-state index contributed by atoms with van der Waals surface area (Å²) in [4.78, 5) is 59.3. The molecule has 3 amide bonds. The van der Waals surface area contributed by atoms with Crippen LogP contribution in [0.2, 0.25) is 5.02 Å².